The Labute approximate surface area is 166 Å². The van der Waals surface area contributed by atoms with Crippen molar-refractivity contribution in [3.63, 3.8) is 0 Å². The Morgan fingerprint density at radius 1 is 1.14 bits per heavy atom. The monoisotopic (exact) mass is 379 g/mol. The highest BCUT2D eigenvalue weighted by molar-refractivity contribution is 5.78. The molecule has 0 radical (unpaired) electrons. The number of fused-ring (bicyclic) bond motifs is 1. The third kappa shape index (κ3) is 4.91. The van der Waals surface area contributed by atoms with Gasteiger partial charge in [-0.05, 0) is 36.2 Å². The highest BCUT2D eigenvalue weighted by Gasteiger charge is 2.12. The zero-order chi connectivity index (χ0) is 19.9. The van der Waals surface area contributed by atoms with Crippen LogP contribution in [0.3, 0.4) is 0 Å². The summed E-state index contributed by atoms with van der Waals surface area (Å²) in [5, 5.41) is 2.97. The predicted octanol–water partition coefficient (Wildman–Crippen LogP) is 3.99. The van der Waals surface area contributed by atoms with E-state index in [1.807, 2.05) is 44.2 Å². The maximum atomic E-state index is 11.8. The second-order valence-electron chi connectivity index (χ2n) is 7.21. The summed E-state index contributed by atoms with van der Waals surface area (Å²) < 4.78 is 8.13. The third-order valence-corrected chi connectivity index (χ3v) is 4.82. The second kappa shape index (κ2) is 9.40. The molecule has 0 unspecified atom stereocenters. The normalized spacial score (nSPS) is 11.1. The standard InChI is InChI=1S/C23H29N3O2/c1-4-18-9-11-19(12-10-18)28-16-15-26-21-8-6-5-7-20(21)25-22(26)13-14-24-23(27)17(2)3/h5-12,17H,4,13-16H2,1-3H3,(H,24,27). The highest BCUT2D eigenvalue weighted by atomic mass is 16.5. The summed E-state index contributed by atoms with van der Waals surface area (Å²) in [6.07, 6.45) is 1.72. The molecule has 0 saturated heterocycles. The molecule has 0 aliphatic carbocycles. The molecular weight excluding hydrogens is 350 g/mol. The zero-order valence-corrected chi connectivity index (χ0v) is 16.9. The number of amides is 1. The van der Waals surface area contributed by atoms with Crippen LogP contribution in [-0.4, -0.2) is 28.6 Å². The predicted molar refractivity (Wildman–Crippen MR) is 113 cm³/mol. The number of aryl methyl sites for hydroxylation is 1. The number of para-hydroxylation sites is 2. The van der Waals surface area contributed by atoms with Crippen molar-refractivity contribution in [3.05, 3.63) is 59.9 Å². The summed E-state index contributed by atoms with van der Waals surface area (Å²) in [7, 11) is 0. The summed E-state index contributed by atoms with van der Waals surface area (Å²) in [6.45, 7) is 7.80. The molecule has 1 heterocycles. The molecule has 0 spiro atoms. The second-order valence-corrected chi connectivity index (χ2v) is 7.21. The average molecular weight is 380 g/mol. The van der Waals surface area contributed by atoms with Gasteiger partial charge in [-0.3, -0.25) is 4.79 Å². The SMILES string of the molecule is CCc1ccc(OCCn2c(CCNC(=O)C(C)C)nc3ccccc32)cc1. The van der Waals surface area contributed by atoms with Crippen molar-refractivity contribution in [1.82, 2.24) is 14.9 Å². The molecule has 1 N–H and O–H groups in total. The van der Waals surface area contributed by atoms with Gasteiger partial charge in [-0.15, -0.1) is 0 Å². The molecule has 0 bridgehead atoms. The molecule has 1 aromatic heterocycles. The summed E-state index contributed by atoms with van der Waals surface area (Å²) in [6, 6.07) is 16.4. The molecule has 0 saturated carbocycles. The van der Waals surface area contributed by atoms with Crippen LogP contribution in [0.4, 0.5) is 0 Å². The fourth-order valence-corrected chi connectivity index (χ4v) is 3.14. The number of carbonyl (C=O) groups is 1. The summed E-state index contributed by atoms with van der Waals surface area (Å²) in [5.74, 6) is 1.91. The number of nitrogens with one attached hydrogen (secondary N) is 1. The maximum absolute atomic E-state index is 11.8. The van der Waals surface area contributed by atoms with Gasteiger partial charge in [0.1, 0.15) is 18.2 Å². The summed E-state index contributed by atoms with van der Waals surface area (Å²) >= 11 is 0. The van der Waals surface area contributed by atoms with Gasteiger partial charge in [-0.25, -0.2) is 4.98 Å². The lowest BCUT2D eigenvalue weighted by molar-refractivity contribution is -0.123. The van der Waals surface area contributed by atoms with E-state index in [9.17, 15) is 4.79 Å². The first kappa shape index (κ1) is 19.9. The molecule has 3 aromatic rings. The zero-order valence-electron chi connectivity index (χ0n) is 16.9. The summed E-state index contributed by atoms with van der Waals surface area (Å²) in [5.41, 5.74) is 3.37. The number of hydrogen-bond donors (Lipinski definition) is 1. The van der Waals surface area contributed by atoms with Crippen molar-refractivity contribution in [2.45, 2.75) is 40.2 Å². The van der Waals surface area contributed by atoms with Gasteiger partial charge in [-0.2, -0.15) is 0 Å². The van der Waals surface area contributed by atoms with Crippen LogP contribution in [0.15, 0.2) is 48.5 Å². The van der Waals surface area contributed by atoms with Crippen LogP contribution in [0.2, 0.25) is 0 Å². The largest absolute Gasteiger partial charge is 0.492 e. The van der Waals surface area contributed by atoms with Gasteiger partial charge in [0.25, 0.3) is 0 Å². The molecule has 5 heteroatoms. The topological polar surface area (TPSA) is 56.1 Å². The number of ether oxygens (including phenoxy) is 1. The first-order valence-corrected chi connectivity index (χ1v) is 10.0. The first-order valence-electron chi connectivity index (χ1n) is 10.0. The Hall–Kier alpha value is -2.82. The molecule has 0 fully saturated rings. The number of carbonyl (C=O) groups excluding carboxylic acids is 1. The van der Waals surface area contributed by atoms with E-state index in [-0.39, 0.29) is 11.8 Å². The Morgan fingerprint density at radius 2 is 1.89 bits per heavy atom. The Balaban J connectivity index is 1.66. The molecule has 28 heavy (non-hydrogen) atoms. The average Bonchev–Trinajstić information content (AvgIpc) is 3.06. The Kier molecular flexibility index (Phi) is 6.69. The van der Waals surface area contributed by atoms with Crippen LogP contribution >= 0.6 is 0 Å². The fourth-order valence-electron chi connectivity index (χ4n) is 3.14. The van der Waals surface area contributed by atoms with E-state index in [0.29, 0.717) is 26.1 Å². The molecule has 0 aliphatic rings. The van der Waals surface area contributed by atoms with E-state index in [4.69, 9.17) is 9.72 Å². The van der Waals surface area contributed by atoms with Gasteiger partial charge >= 0.3 is 0 Å². The fraction of sp³-hybridized carbons (Fsp3) is 0.391. The van der Waals surface area contributed by atoms with Crippen LogP contribution in [-0.2, 0) is 24.2 Å². The van der Waals surface area contributed by atoms with Crippen molar-refractivity contribution in [1.29, 1.82) is 0 Å². The molecular formula is C23H29N3O2. The van der Waals surface area contributed by atoms with Crippen molar-refractivity contribution in [2.75, 3.05) is 13.2 Å². The van der Waals surface area contributed by atoms with Crippen molar-refractivity contribution in [3.8, 4) is 5.75 Å². The lowest BCUT2D eigenvalue weighted by Gasteiger charge is -2.12. The Morgan fingerprint density at radius 3 is 2.61 bits per heavy atom. The van der Waals surface area contributed by atoms with Gasteiger partial charge in [0, 0.05) is 18.9 Å². The van der Waals surface area contributed by atoms with Gasteiger partial charge in [0.05, 0.1) is 17.6 Å². The van der Waals surface area contributed by atoms with Crippen molar-refractivity contribution >= 4 is 16.9 Å². The minimum Gasteiger partial charge on any atom is -0.492 e. The minimum atomic E-state index is -0.00804. The maximum Gasteiger partial charge on any atom is 0.222 e. The van der Waals surface area contributed by atoms with Crippen LogP contribution in [0.5, 0.6) is 5.75 Å². The lowest BCUT2D eigenvalue weighted by atomic mass is 10.2. The molecule has 148 valence electrons. The number of nitrogens with zero attached hydrogens (tertiary/aromatic N) is 2. The van der Waals surface area contributed by atoms with E-state index in [0.717, 1.165) is 29.0 Å². The van der Waals surface area contributed by atoms with Crippen LogP contribution in [0.25, 0.3) is 11.0 Å². The number of hydrogen-bond acceptors (Lipinski definition) is 3. The number of rotatable bonds is 9. The molecule has 3 rings (SSSR count). The first-order chi connectivity index (χ1) is 13.6. The van der Waals surface area contributed by atoms with E-state index < -0.39 is 0 Å². The molecule has 1 amide bonds. The third-order valence-electron chi connectivity index (χ3n) is 4.82. The van der Waals surface area contributed by atoms with E-state index in [1.54, 1.807) is 0 Å². The van der Waals surface area contributed by atoms with Crippen LogP contribution < -0.4 is 10.1 Å². The quantitative estimate of drug-likeness (QED) is 0.611. The molecule has 0 atom stereocenters. The number of benzene rings is 2. The van der Waals surface area contributed by atoms with Crippen molar-refractivity contribution in [2.24, 2.45) is 5.92 Å². The van der Waals surface area contributed by atoms with Crippen LogP contribution in [0, 0.1) is 5.92 Å². The number of aromatic nitrogens is 2. The van der Waals surface area contributed by atoms with Gasteiger partial charge in [0.2, 0.25) is 5.91 Å². The van der Waals surface area contributed by atoms with Gasteiger partial charge in [0.15, 0.2) is 0 Å². The highest BCUT2D eigenvalue weighted by Crippen LogP contribution is 2.17. The van der Waals surface area contributed by atoms with Gasteiger partial charge in [-0.1, -0.05) is 45.0 Å². The number of imidazole rings is 1. The molecule has 2 aromatic carbocycles. The lowest BCUT2D eigenvalue weighted by Crippen LogP contribution is -2.30. The van der Waals surface area contributed by atoms with E-state index in [2.05, 4.69) is 35.0 Å². The van der Waals surface area contributed by atoms with Crippen molar-refractivity contribution < 1.29 is 9.53 Å². The van der Waals surface area contributed by atoms with E-state index >= 15 is 0 Å². The Bertz CT molecular complexity index is 913. The summed E-state index contributed by atoms with van der Waals surface area (Å²) in [4.78, 5) is 16.6. The van der Waals surface area contributed by atoms with Crippen LogP contribution in [0.1, 0.15) is 32.2 Å². The smallest absolute Gasteiger partial charge is 0.222 e. The minimum absolute atomic E-state index is 0.00804. The van der Waals surface area contributed by atoms with E-state index in [1.165, 1.54) is 5.56 Å². The molecule has 0 aliphatic heterocycles. The molecule has 5 nitrogen and oxygen atoms in total. The van der Waals surface area contributed by atoms with Gasteiger partial charge < -0.3 is 14.6 Å².